The van der Waals surface area contributed by atoms with Crippen LogP contribution in [0.25, 0.3) is 5.69 Å². The number of benzene rings is 1. The third-order valence-corrected chi connectivity index (χ3v) is 2.29. The van der Waals surface area contributed by atoms with Crippen molar-refractivity contribution >= 4 is 11.7 Å². The predicted molar refractivity (Wildman–Crippen MR) is 75.1 cm³/mol. The Morgan fingerprint density at radius 2 is 1.85 bits per heavy atom. The highest BCUT2D eigenvalue weighted by atomic mass is 16.4. The van der Waals surface area contributed by atoms with Crippen LogP contribution >= 0.6 is 0 Å². The van der Waals surface area contributed by atoms with Crippen molar-refractivity contribution in [3.8, 4) is 5.69 Å². The van der Waals surface area contributed by atoms with Crippen LogP contribution in [-0.4, -0.2) is 27.9 Å². The maximum atomic E-state index is 12.0. The third-order valence-electron chi connectivity index (χ3n) is 2.29. The third kappa shape index (κ3) is 3.00. The summed E-state index contributed by atoms with van der Waals surface area (Å²) in [5, 5.41) is 18.5. The van der Waals surface area contributed by atoms with Crippen molar-refractivity contribution in [1.29, 1.82) is 0 Å². The second kappa shape index (κ2) is 7.03. The largest absolute Gasteiger partial charge is 0.476 e. The van der Waals surface area contributed by atoms with Gasteiger partial charge < -0.3 is 5.11 Å². The number of hydrogen-bond donors (Lipinski definition) is 2. The van der Waals surface area contributed by atoms with Crippen molar-refractivity contribution in [3.63, 3.8) is 0 Å². The van der Waals surface area contributed by atoms with Crippen LogP contribution < -0.4 is 5.56 Å². The van der Waals surface area contributed by atoms with Gasteiger partial charge >= 0.3 is 5.97 Å². The van der Waals surface area contributed by atoms with E-state index in [1.165, 1.54) is 7.05 Å². The molecule has 2 N–H and O–H groups in total. The van der Waals surface area contributed by atoms with E-state index < -0.39 is 11.5 Å². The summed E-state index contributed by atoms with van der Waals surface area (Å²) in [5.74, 6) is -1.26. The van der Waals surface area contributed by atoms with Crippen LogP contribution in [0.1, 0.15) is 24.3 Å². The molecule has 1 heterocycles. The number of hydrogen-bond acceptors (Lipinski definition) is 4. The molecule has 20 heavy (non-hydrogen) atoms. The summed E-state index contributed by atoms with van der Waals surface area (Å²) in [6.45, 7) is 4.00. The quantitative estimate of drug-likeness (QED) is 0.842. The smallest absolute Gasteiger partial charge is 0.356 e. The second-order valence-electron chi connectivity index (χ2n) is 3.42. The Bertz CT molecular complexity index is 656. The molecule has 0 radical (unpaired) electrons. The van der Waals surface area contributed by atoms with E-state index in [0.717, 1.165) is 4.68 Å². The van der Waals surface area contributed by atoms with Crippen molar-refractivity contribution in [2.24, 2.45) is 10.2 Å². The SMILES string of the molecule is CC.CN=Nc1c(C(=O)O)[nH]n(-c2ccccc2)c1=O. The standard InChI is InChI=1S/C11H10N4O3.C2H6/c1-12-13-8-9(11(17)18)14-15(10(8)16)7-5-3-2-4-6-7;1-2/h2-6,14H,1H3,(H,17,18);1-2H3. The first-order chi connectivity index (χ1) is 9.65. The summed E-state index contributed by atoms with van der Waals surface area (Å²) in [6, 6.07) is 8.63. The highest BCUT2D eigenvalue weighted by Gasteiger charge is 2.20. The average molecular weight is 276 g/mol. The minimum Gasteiger partial charge on any atom is -0.476 e. The fourth-order valence-electron chi connectivity index (χ4n) is 1.53. The summed E-state index contributed by atoms with van der Waals surface area (Å²) >= 11 is 0. The molecular weight excluding hydrogens is 260 g/mol. The van der Waals surface area contributed by atoms with Crippen molar-refractivity contribution in [1.82, 2.24) is 9.78 Å². The van der Waals surface area contributed by atoms with Crippen LogP contribution in [-0.2, 0) is 0 Å². The van der Waals surface area contributed by atoms with Crippen LogP contribution in [0.4, 0.5) is 5.69 Å². The molecule has 7 heteroatoms. The molecule has 0 aliphatic carbocycles. The molecule has 1 aromatic carbocycles. The van der Waals surface area contributed by atoms with Gasteiger partial charge in [0.1, 0.15) is 0 Å². The van der Waals surface area contributed by atoms with Crippen molar-refractivity contribution in [3.05, 3.63) is 46.4 Å². The van der Waals surface area contributed by atoms with E-state index in [1.807, 2.05) is 13.8 Å². The van der Waals surface area contributed by atoms with Crippen LogP contribution in [0.15, 0.2) is 45.4 Å². The van der Waals surface area contributed by atoms with E-state index in [-0.39, 0.29) is 11.4 Å². The normalized spacial score (nSPS) is 10.2. The number of aromatic carboxylic acids is 1. The monoisotopic (exact) mass is 276 g/mol. The summed E-state index contributed by atoms with van der Waals surface area (Å²) < 4.78 is 1.12. The van der Waals surface area contributed by atoms with Crippen LogP contribution in [0.3, 0.4) is 0 Å². The maximum absolute atomic E-state index is 12.0. The molecule has 1 aromatic heterocycles. The molecule has 0 saturated heterocycles. The Morgan fingerprint density at radius 3 is 2.35 bits per heavy atom. The maximum Gasteiger partial charge on any atom is 0.356 e. The van der Waals surface area contributed by atoms with E-state index in [0.29, 0.717) is 5.69 Å². The van der Waals surface area contributed by atoms with Gasteiger partial charge in [0.05, 0.1) is 5.69 Å². The van der Waals surface area contributed by atoms with Gasteiger partial charge in [-0.2, -0.15) is 5.11 Å². The van der Waals surface area contributed by atoms with E-state index in [9.17, 15) is 9.59 Å². The van der Waals surface area contributed by atoms with E-state index in [1.54, 1.807) is 30.3 Å². The number of aromatic amines is 1. The molecule has 0 amide bonds. The van der Waals surface area contributed by atoms with Gasteiger partial charge in [0.2, 0.25) is 0 Å². The number of carboxylic acid groups (broad SMARTS) is 1. The Hall–Kier alpha value is -2.70. The molecule has 2 rings (SSSR count). The number of para-hydroxylation sites is 1. The number of nitrogens with one attached hydrogen (secondary N) is 1. The van der Waals surface area contributed by atoms with Gasteiger partial charge in [-0.3, -0.25) is 9.89 Å². The van der Waals surface area contributed by atoms with Crippen LogP contribution in [0, 0.1) is 0 Å². The van der Waals surface area contributed by atoms with E-state index >= 15 is 0 Å². The molecule has 0 aliphatic heterocycles. The molecule has 0 saturated carbocycles. The Kier molecular flexibility index (Phi) is 5.40. The number of carboxylic acids is 1. The fourth-order valence-corrected chi connectivity index (χ4v) is 1.53. The molecule has 0 fully saturated rings. The van der Waals surface area contributed by atoms with E-state index in [4.69, 9.17) is 5.11 Å². The van der Waals surface area contributed by atoms with Gasteiger partial charge in [0.15, 0.2) is 11.4 Å². The molecular formula is C13H16N4O3. The number of carbonyl (C=O) groups is 1. The predicted octanol–water partition coefficient (Wildman–Crippen LogP) is 2.60. The Balaban J connectivity index is 0.000000956. The summed E-state index contributed by atoms with van der Waals surface area (Å²) in [5.41, 5.74) is -0.518. The first kappa shape index (κ1) is 15.4. The fraction of sp³-hybridized carbons (Fsp3) is 0.231. The Morgan fingerprint density at radius 1 is 1.25 bits per heavy atom. The van der Waals surface area contributed by atoms with Gasteiger partial charge in [0.25, 0.3) is 5.56 Å². The van der Waals surface area contributed by atoms with Gasteiger partial charge in [-0.1, -0.05) is 32.0 Å². The highest BCUT2D eigenvalue weighted by Crippen LogP contribution is 2.14. The number of aromatic nitrogens is 2. The number of H-pyrrole nitrogens is 1. The molecule has 0 spiro atoms. The zero-order valence-corrected chi connectivity index (χ0v) is 11.5. The molecule has 0 unspecified atom stereocenters. The number of rotatable bonds is 3. The topological polar surface area (TPSA) is 99.8 Å². The van der Waals surface area contributed by atoms with Gasteiger partial charge in [-0.25, -0.2) is 9.48 Å². The first-order valence-electron chi connectivity index (χ1n) is 6.08. The number of nitrogens with zero attached hydrogens (tertiary/aromatic N) is 3. The van der Waals surface area contributed by atoms with E-state index in [2.05, 4.69) is 15.3 Å². The lowest BCUT2D eigenvalue weighted by Gasteiger charge is -1.99. The zero-order chi connectivity index (χ0) is 15.1. The lowest BCUT2D eigenvalue weighted by atomic mass is 10.3. The minimum absolute atomic E-state index is 0.214. The van der Waals surface area contributed by atoms with Crippen molar-refractivity contribution < 1.29 is 9.90 Å². The molecule has 0 atom stereocenters. The molecule has 7 nitrogen and oxygen atoms in total. The Labute approximate surface area is 115 Å². The van der Waals surface area contributed by atoms with Crippen LogP contribution in [0.5, 0.6) is 0 Å². The minimum atomic E-state index is -1.26. The van der Waals surface area contributed by atoms with Crippen molar-refractivity contribution in [2.75, 3.05) is 7.05 Å². The summed E-state index contributed by atoms with van der Waals surface area (Å²) in [7, 11) is 1.37. The molecule has 0 aliphatic rings. The molecule has 0 bridgehead atoms. The lowest BCUT2D eigenvalue weighted by molar-refractivity contribution is 0.0691. The average Bonchev–Trinajstić information content (AvgIpc) is 2.80. The number of azo groups is 1. The molecule has 2 aromatic rings. The van der Waals surface area contributed by atoms with Crippen molar-refractivity contribution in [2.45, 2.75) is 13.8 Å². The molecule has 106 valence electrons. The second-order valence-corrected chi connectivity index (χ2v) is 3.42. The first-order valence-corrected chi connectivity index (χ1v) is 6.08. The van der Waals surface area contributed by atoms with Crippen LogP contribution in [0.2, 0.25) is 0 Å². The van der Waals surface area contributed by atoms with Gasteiger partial charge in [-0.05, 0) is 12.1 Å². The zero-order valence-electron chi connectivity index (χ0n) is 11.5. The highest BCUT2D eigenvalue weighted by molar-refractivity contribution is 5.90. The van der Waals surface area contributed by atoms with Gasteiger partial charge in [0, 0.05) is 7.05 Å². The summed E-state index contributed by atoms with van der Waals surface area (Å²) in [4.78, 5) is 23.0. The van der Waals surface area contributed by atoms with Gasteiger partial charge in [-0.15, -0.1) is 5.11 Å². The summed E-state index contributed by atoms with van der Waals surface area (Å²) in [6.07, 6.45) is 0. The lowest BCUT2D eigenvalue weighted by Crippen LogP contribution is -2.13.